The molecule has 2 aromatic carbocycles. The molecular weight excluding hydrogens is 488 g/mol. The van der Waals surface area contributed by atoms with Crippen LogP contribution in [0.15, 0.2) is 54.6 Å². The summed E-state index contributed by atoms with van der Waals surface area (Å²) in [6, 6.07) is 17.2. The number of nitrogens with zero attached hydrogens (tertiary/aromatic N) is 2. The normalized spacial score (nSPS) is 23.3. The second kappa shape index (κ2) is 13.9. The molecule has 1 saturated heterocycles. The summed E-state index contributed by atoms with van der Waals surface area (Å²) in [4.78, 5) is 31.7. The number of likely N-dealkylation sites (tertiary alicyclic amines) is 1. The molecule has 0 bridgehead atoms. The van der Waals surface area contributed by atoms with Crippen molar-refractivity contribution in [1.82, 2.24) is 15.1 Å². The maximum atomic E-state index is 13.8. The van der Waals surface area contributed by atoms with E-state index in [4.69, 9.17) is 10.5 Å². The van der Waals surface area contributed by atoms with Crippen LogP contribution in [0.3, 0.4) is 0 Å². The standard InChI is InChI=1S/C32H46N4O3/c1-23(2)20-35(21-24-9-5-4-6-10-24)28-17-30(31(37)34-19-26-12-7-11-25(15-26)18-33)36(22-28)32(38)27-13-8-14-29(16-27)39-3/h4-6,8-10,13-14,16,23,25-26,28,30H,7,11-12,15,17-22,33H2,1-3H3,(H,34,37). The quantitative estimate of drug-likeness (QED) is 0.448. The number of amides is 2. The second-order valence-electron chi connectivity index (χ2n) is 11.8. The molecule has 4 rings (SSSR count). The number of nitrogens with two attached hydrogens (primary N) is 1. The molecule has 2 fully saturated rings. The predicted molar refractivity (Wildman–Crippen MR) is 155 cm³/mol. The molecular formula is C32H46N4O3. The van der Waals surface area contributed by atoms with E-state index in [0.29, 0.717) is 55.1 Å². The first-order valence-electron chi connectivity index (χ1n) is 14.6. The van der Waals surface area contributed by atoms with Crippen molar-refractivity contribution in [1.29, 1.82) is 0 Å². The highest BCUT2D eigenvalue weighted by atomic mass is 16.5. The Kier molecular flexibility index (Phi) is 10.4. The first kappa shape index (κ1) is 29.1. The van der Waals surface area contributed by atoms with Crippen LogP contribution < -0.4 is 15.8 Å². The van der Waals surface area contributed by atoms with Gasteiger partial charge in [0.2, 0.25) is 5.91 Å². The molecule has 4 atom stereocenters. The third-order valence-electron chi connectivity index (χ3n) is 8.29. The lowest BCUT2D eigenvalue weighted by atomic mass is 9.81. The molecule has 1 heterocycles. The third kappa shape index (κ3) is 7.83. The topological polar surface area (TPSA) is 87.9 Å². The van der Waals surface area contributed by atoms with Crippen LogP contribution in [0.4, 0.5) is 0 Å². The molecule has 39 heavy (non-hydrogen) atoms. The molecule has 7 heteroatoms. The maximum Gasteiger partial charge on any atom is 0.254 e. The van der Waals surface area contributed by atoms with Crippen molar-refractivity contribution in [2.75, 3.05) is 33.3 Å². The highest BCUT2D eigenvalue weighted by Crippen LogP contribution is 2.30. The fourth-order valence-electron chi connectivity index (χ4n) is 6.27. The van der Waals surface area contributed by atoms with Gasteiger partial charge in [0, 0.05) is 37.8 Å². The van der Waals surface area contributed by atoms with Crippen molar-refractivity contribution in [2.45, 2.75) is 64.6 Å². The Labute approximate surface area is 234 Å². The highest BCUT2D eigenvalue weighted by molar-refractivity contribution is 5.98. The summed E-state index contributed by atoms with van der Waals surface area (Å²) in [5, 5.41) is 3.23. The van der Waals surface area contributed by atoms with Gasteiger partial charge in [0.15, 0.2) is 0 Å². The summed E-state index contributed by atoms with van der Waals surface area (Å²) in [6.07, 6.45) is 5.15. The van der Waals surface area contributed by atoms with Gasteiger partial charge in [0.05, 0.1) is 7.11 Å². The number of benzene rings is 2. The summed E-state index contributed by atoms with van der Waals surface area (Å²) in [7, 11) is 1.60. The predicted octanol–water partition coefficient (Wildman–Crippen LogP) is 4.32. The number of hydrogen-bond acceptors (Lipinski definition) is 5. The van der Waals surface area contributed by atoms with E-state index in [9.17, 15) is 9.59 Å². The summed E-state index contributed by atoms with van der Waals surface area (Å²) < 4.78 is 5.37. The number of methoxy groups -OCH3 is 1. The number of carbonyl (C=O) groups is 2. The molecule has 3 N–H and O–H groups in total. The fraction of sp³-hybridized carbons (Fsp3) is 0.562. The number of hydrogen-bond donors (Lipinski definition) is 2. The Bertz CT molecular complexity index is 1080. The first-order chi connectivity index (χ1) is 18.9. The highest BCUT2D eigenvalue weighted by Gasteiger charge is 2.42. The molecule has 1 aliphatic heterocycles. The molecule has 2 amide bonds. The van der Waals surface area contributed by atoms with Gasteiger partial charge in [-0.15, -0.1) is 0 Å². The van der Waals surface area contributed by atoms with E-state index in [1.807, 2.05) is 18.2 Å². The van der Waals surface area contributed by atoms with Gasteiger partial charge >= 0.3 is 0 Å². The van der Waals surface area contributed by atoms with E-state index in [0.717, 1.165) is 32.4 Å². The van der Waals surface area contributed by atoms with Crippen LogP contribution >= 0.6 is 0 Å². The SMILES string of the molecule is COc1cccc(C(=O)N2CC(N(Cc3ccccc3)CC(C)C)CC2C(=O)NCC2CCCC(CN)C2)c1. The molecule has 1 saturated carbocycles. The number of nitrogens with one attached hydrogen (secondary N) is 1. The maximum absolute atomic E-state index is 13.8. The lowest BCUT2D eigenvalue weighted by molar-refractivity contribution is -0.125. The molecule has 4 unspecified atom stereocenters. The third-order valence-corrected chi connectivity index (χ3v) is 8.29. The molecule has 2 aliphatic rings. The van der Waals surface area contributed by atoms with Crippen molar-refractivity contribution in [2.24, 2.45) is 23.5 Å². The molecule has 212 valence electrons. The van der Waals surface area contributed by atoms with Crippen LogP contribution in [0.25, 0.3) is 0 Å². The number of rotatable bonds is 11. The zero-order valence-corrected chi connectivity index (χ0v) is 23.9. The molecule has 0 radical (unpaired) electrons. The summed E-state index contributed by atoms with van der Waals surface area (Å²) in [6.45, 7) is 8.01. The summed E-state index contributed by atoms with van der Waals surface area (Å²) in [5.41, 5.74) is 7.72. The first-order valence-corrected chi connectivity index (χ1v) is 14.6. The lowest BCUT2D eigenvalue weighted by Gasteiger charge is -2.30. The van der Waals surface area contributed by atoms with Gasteiger partial charge in [-0.3, -0.25) is 14.5 Å². The lowest BCUT2D eigenvalue weighted by Crippen LogP contribution is -2.47. The van der Waals surface area contributed by atoms with E-state index >= 15 is 0 Å². The van der Waals surface area contributed by atoms with Crippen molar-refractivity contribution in [3.8, 4) is 5.75 Å². The van der Waals surface area contributed by atoms with Crippen LogP contribution in [0.1, 0.15) is 61.9 Å². The molecule has 0 spiro atoms. The Morgan fingerprint density at radius 3 is 2.56 bits per heavy atom. The van der Waals surface area contributed by atoms with Gasteiger partial charge in [-0.1, -0.05) is 56.7 Å². The van der Waals surface area contributed by atoms with E-state index in [-0.39, 0.29) is 17.9 Å². The van der Waals surface area contributed by atoms with E-state index in [2.05, 4.69) is 48.3 Å². The van der Waals surface area contributed by atoms with Crippen molar-refractivity contribution < 1.29 is 14.3 Å². The van der Waals surface area contributed by atoms with Gasteiger partial charge < -0.3 is 20.7 Å². The molecule has 1 aliphatic carbocycles. The molecule has 2 aromatic rings. The fourth-order valence-corrected chi connectivity index (χ4v) is 6.27. The Balaban J connectivity index is 1.53. The zero-order valence-electron chi connectivity index (χ0n) is 23.9. The average molecular weight is 535 g/mol. The van der Waals surface area contributed by atoms with Gasteiger partial charge in [-0.25, -0.2) is 0 Å². The van der Waals surface area contributed by atoms with E-state index in [1.54, 1.807) is 24.1 Å². The summed E-state index contributed by atoms with van der Waals surface area (Å²) in [5.74, 6) is 1.92. The number of carbonyl (C=O) groups excluding carboxylic acids is 2. The van der Waals surface area contributed by atoms with Crippen molar-refractivity contribution >= 4 is 11.8 Å². The minimum atomic E-state index is -0.506. The largest absolute Gasteiger partial charge is 0.497 e. The monoisotopic (exact) mass is 534 g/mol. The van der Waals surface area contributed by atoms with Gasteiger partial charge in [0.25, 0.3) is 5.91 Å². The van der Waals surface area contributed by atoms with E-state index in [1.165, 1.54) is 12.0 Å². The van der Waals surface area contributed by atoms with Crippen LogP contribution in [-0.2, 0) is 11.3 Å². The molecule has 7 nitrogen and oxygen atoms in total. The second-order valence-corrected chi connectivity index (χ2v) is 11.8. The van der Waals surface area contributed by atoms with Crippen LogP contribution in [0.2, 0.25) is 0 Å². The van der Waals surface area contributed by atoms with Crippen LogP contribution in [-0.4, -0.2) is 67.0 Å². The average Bonchev–Trinajstić information content (AvgIpc) is 3.41. The Morgan fingerprint density at radius 1 is 1.08 bits per heavy atom. The minimum absolute atomic E-state index is 0.0483. The van der Waals surface area contributed by atoms with Gasteiger partial charge in [-0.2, -0.15) is 0 Å². The van der Waals surface area contributed by atoms with Crippen molar-refractivity contribution in [3.63, 3.8) is 0 Å². The number of ether oxygens (including phenoxy) is 1. The Hall–Kier alpha value is -2.90. The van der Waals surface area contributed by atoms with Crippen LogP contribution in [0.5, 0.6) is 5.75 Å². The van der Waals surface area contributed by atoms with Gasteiger partial charge in [-0.05, 0) is 73.7 Å². The van der Waals surface area contributed by atoms with E-state index < -0.39 is 6.04 Å². The zero-order chi connectivity index (χ0) is 27.8. The Morgan fingerprint density at radius 2 is 1.85 bits per heavy atom. The smallest absolute Gasteiger partial charge is 0.254 e. The van der Waals surface area contributed by atoms with Crippen LogP contribution in [0, 0.1) is 17.8 Å². The minimum Gasteiger partial charge on any atom is -0.497 e. The van der Waals surface area contributed by atoms with Crippen molar-refractivity contribution in [3.05, 3.63) is 65.7 Å². The summed E-state index contributed by atoms with van der Waals surface area (Å²) >= 11 is 0. The van der Waals surface area contributed by atoms with Gasteiger partial charge in [0.1, 0.15) is 11.8 Å². The molecule has 0 aromatic heterocycles.